The second-order valence-corrected chi connectivity index (χ2v) is 6.66. The van der Waals surface area contributed by atoms with E-state index in [1.165, 1.54) is 5.56 Å². The Morgan fingerprint density at radius 1 is 0.963 bits per heavy atom. The molecule has 0 saturated carbocycles. The highest BCUT2D eigenvalue weighted by atomic mass is 19.5. The van der Waals surface area contributed by atoms with Gasteiger partial charge in [0.05, 0.1) is 11.5 Å². The molecule has 7 heteroatoms. The van der Waals surface area contributed by atoms with Crippen molar-refractivity contribution >= 4 is 18.2 Å². The highest BCUT2D eigenvalue weighted by Crippen LogP contribution is 2.21. The molecule has 2 nitrogen and oxygen atoms in total. The first-order valence-electron chi connectivity index (χ1n) is 8.67. The van der Waals surface area contributed by atoms with Crippen LogP contribution in [0.4, 0.5) is 17.3 Å². The molecule has 0 fully saturated rings. The van der Waals surface area contributed by atoms with E-state index in [-0.39, 0.29) is 0 Å². The van der Waals surface area contributed by atoms with E-state index in [4.69, 9.17) is 4.42 Å². The Kier molecular flexibility index (Phi) is 6.83. The minimum Gasteiger partial charge on any atom is -0.456 e. The van der Waals surface area contributed by atoms with Gasteiger partial charge in [0.1, 0.15) is 17.9 Å². The van der Waals surface area contributed by atoms with Crippen LogP contribution in [0.15, 0.2) is 59.0 Å². The minimum absolute atomic E-state index is 0.595. The van der Waals surface area contributed by atoms with Gasteiger partial charge < -0.3 is 21.7 Å². The van der Waals surface area contributed by atoms with Crippen molar-refractivity contribution in [2.24, 2.45) is 5.92 Å². The van der Waals surface area contributed by atoms with Crippen LogP contribution in [0.25, 0.3) is 22.3 Å². The molecule has 0 bridgehead atoms. The molecule has 0 unspecified atom stereocenters. The van der Waals surface area contributed by atoms with Gasteiger partial charge in [-0.2, -0.15) is 0 Å². The second-order valence-electron chi connectivity index (χ2n) is 6.66. The summed E-state index contributed by atoms with van der Waals surface area (Å²) in [6.07, 6.45) is 0. The van der Waals surface area contributed by atoms with E-state index in [2.05, 4.69) is 62.2 Å². The molecule has 0 atom stereocenters. The molecule has 0 spiro atoms. The Labute approximate surface area is 155 Å². The van der Waals surface area contributed by atoms with E-state index < -0.39 is 7.25 Å². The van der Waals surface area contributed by atoms with Crippen LogP contribution in [0.1, 0.15) is 19.4 Å². The van der Waals surface area contributed by atoms with Crippen LogP contribution in [-0.4, -0.2) is 13.8 Å². The lowest BCUT2D eigenvalue weighted by atomic mass is 10.1. The first-order valence-corrected chi connectivity index (χ1v) is 8.67. The quantitative estimate of drug-likeness (QED) is 0.532. The zero-order chi connectivity index (χ0) is 20.0. The molecule has 0 aliphatic carbocycles. The van der Waals surface area contributed by atoms with Crippen LogP contribution in [0.5, 0.6) is 0 Å². The maximum atomic E-state index is 9.75. The van der Waals surface area contributed by atoms with Crippen LogP contribution in [0.3, 0.4) is 0 Å². The minimum atomic E-state index is -6.00. The maximum Gasteiger partial charge on any atom is 0.673 e. The third kappa shape index (κ3) is 6.92. The van der Waals surface area contributed by atoms with Crippen LogP contribution in [0.2, 0.25) is 0 Å². The van der Waals surface area contributed by atoms with Crippen molar-refractivity contribution in [1.82, 2.24) is 0 Å². The molecule has 144 valence electrons. The zero-order valence-electron chi connectivity index (χ0n) is 15.5. The average Bonchev–Trinajstić information content (AvgIpc) is 2.59. The predicted molar refractivity (Wildman–Crippen MR) is 100 cm³/mol. The van der Waals surface area contributed by atoms with Crippen LogP contribution in [-0.2, 0) is 0 Å². The van der Waals surface area contributed by atoms with Gasteiger partial charge in [-0.25, -0.2) is 4.99 Å². The van der Waals surface area contributed by atoms with Gasteiger partial charge in [-0.3, -0.25) is 0 Å². The number of fused-ring (bicyclic) bond motifs is 1. The van der Waals surface area contributed by atoms with Crippen molar-refractivity contribution in [1.29, 1.82) is 0 Å². The van der Waals surface area contributed by atoms with Crippen molar-refractivity contribution in [3.63, 3.8) is 0 Å². The van der Waals surface area contributed by atoms with E-state index in [0.717, 1.165) is 34.2 Å². The predicted octanol–water partition coefficient (Wildman–Crippen LogP) is 4.35. The van der Waals surface area contributed by atoms with Gasteiger partial charge in [0.15, 0.2) is 0 Å². The fraction of sp³-hybridized carbons (Fsp3) is 0.250. The Balaban J connectivity index is 0.000000465. The number of nitrogens with one attached hydrogen (secondary N) is 1. The average molecular weight is 379 g/mol. The molecule has 3 aromatic rings. The number of hydrogen-bond donors (Lipinski definition) is 1. The lowest BCUT2D eigenvalue weighted by molar-refractivity contribution is -0.505. The molecule has 0 amide bonds. The molecule has 1 N–H and O–H groups in total. The van der Waals surface area contributed by atoms with Crippen LogP contribution in [0, 0.1) is 12.8 Å². The molecule has 3 rings (SSSR count). The standard InChI is InChI=1S/C20H21NO.BF4/c1-14(2)13-21-18-12-20(16-7-5-4-6-8-16)22-19-10-9-15(3)11-17(18)19;2-1(3,4)5/h4-12,14H,13H2,1-3H3;/q;-1/p+1. The number of benzene rings is 2. The first kappa shape index (κ1) is 20.7. The van der Waals surface area contributed by atoms with Gasteiger partial charge in [0.2, 0.25) is 5.36 Å². The highest BCUT2D eigenvalue weighted by molar-refractivity contribution is 6.50. The van der Waals surface area contributed by atoms with Gasteiger partial charge in [0.25, 0.3) is 0 Å². The normalized spacial score (nSPS) is 12.2. The van der Waals surface area contributed by atoms with E-state index in [1.807, 2.05) is 18.2 Å². The van der Waals surface area contributed by atoms with Gasteiger partial charge in [-0.15, -0.1) is 0 Å². The summed E-state index contributed by atoms with van der Waals surface area (Å²) < 4.78 is 45.1. The first-order chi connectivity index (χ1) is 12.6. The molecular formula is C20H22BF4NO. The van der Waals surface area contributed by atoms with Crippen molar-refractivity contribution in [3.8, 4) is 11.3 Å². The summed E-state index contributed by atoms with van der Waals surface area (Å²) in [7, 11) is -6.00. The highest BCUT2D eigenvalue weighted by Gasteiger charge is 2.20. The van der Waals surface area contributed by atoms with Crippen molar-refractivity contribution < 1.29 is 26.7 Å². The smallest absolute Gasteiger partial charge is 0.456 e. The summed E-state index contributed by atoms with van der Waals surface area (Å²) in [6.45, 7) is 7.48. The summed E-state index contributed by atoms with van der Waals surface area (Å²) in [5.41, 5.74) is 3.25. The Morgan fingerprint density at radius 3 is 2.19 bits per heavy atom. The van der Waals surface area contributed by atoms with Crippen LogP contribution < -0.4 is 10.3 Å². The van der Waals surface area contributed by atoms with Crippen molar-refractivity contribution in [2.75, 3.05) is 6.54 Å². The maximum absolute atomic E-state index is 9.75. The van der Waals surface area contributed by atoms with E-state index in [1.54, 1.807) is 0 Å². The topological polar surface area (TPSA) is 27.1 Å². The summed E-state index contributed by atoms with van der Waals surface area (Å²) in [5, 5.41) is 2.28. The number of halogens is 4. The fourth-order valence-corrected chi connectivity index (χ4v) is 2.51. The van der Waals surface area contributed by atoms with Crippen molar-refractivity contribution in [2.45, 2.75) is 20.8 Å². The largest absolute Gasteiger partial charge is 0.673 e. The Hall–Kier alpha value is -2.57. The molecule has 1 heterocycles. The Morgan fingerprint density at radius 2 is 1.59 bits per heavy atom. The number of hydrogen-bond acceptors (Lipinski definition) is 1. The molecular weight excluding hydrogens is 357 g/mol. The summed E-state index contributed by atoms with van der Waals surface area (Å²) in [4.78, 5) is 3.56. The van der Waals surface area contributed by atoms with Gasteiger partial charge in [-0.05, 0) is 19.1 Å². The summed E-state index contributed by atoms with van der Waals surface area (Å²) in [6, 6.07) is 18.7. The summed E-state index contributed by atoms with van der Waals surface area (Å²) >= 11 is 0. The molecule has 27 heavy (non-hydrogen) atoms. The fourth-order valence-electron chi connectivity index (χ4n) is 2.51. The summed E-state index contributed by atoms with van der Waals surface area (Å²) in [5.74, 6) is 1.49. The number of aryl methyl sites for hydroxylation is 1. The lowest BCUT2D eigenvalue weighted by Crippen LogP contribution is -2.77. The SMILES string of the molecule is Cc1ccc2oc(-c3ccccc3)cc(=[NH+]CC(C)C)c2c1.F[B-](F)(F)F. The number of rotatable bonds is 3. The van der Waals surface area contributed by atoms with Gasteiger partial charge >= 0.3 is 7.25 Å². The van der Waals surface area contributed by atoms with Gasteiger partial charge in [0, 0.05) is 11.5 Å². The second kappa shape index (κ2) is 8.89. The molecule has 1 aromatic heterocycles. The van der Waals surface area contributed by atoms with E-state index in [9.17, 15) is 17.3 Å². The third-order valence-electron chi connectivity index (χ3n) is 3.68. The monoisotopic (exact) mass is 379 g/mol. The molecule has 0 aliphatic rings. The van der Waals surface area contributed by atoms with E-state index in [0.29, 0.717) is 5.92 Å². The Bertz CT molecular complexity index is 944. The van der Waals surface area contributed by atoms with Gasteiger partial charge in [-0.1, -0.05) is 55.8 Å². The van der Waals surface area contributed by atoms with Crippen LogP contribution >= 0.6 is 0 Å². The molecule has 0 radical (unpaired) electrons. The third-order valence-corrected chi connectivity index (χ3v) is 3.68. The van der Waals surface area contributed by atoms with Crippen molar-refractivity contribution in [3.05, 3.63) is 65.5 Å². The molecule has 0 saturated heterocycles. The van der Waals surface area contributed by atoms with E-state index >= 15 is 0 Å². The lowest BCUT2D eigenvalue weighted by Gasteiger charge is -2.04. The molecule has 0 aliphatic heterocycles. The zero-order valence-corrected chi connectivity index (χ0v) is 15.5. The molecule has 2 aromatic carbocycles.